The quantitative estimate of drug-likeness (QED) is 0.773. The molecule has 0 fully saturated rings. The number of aromatic nitrogens is 1. The van der Waals surface area contributed by atoms with Crippen LogP contribution in [0.1, 0.15) is 15.9 Å². The minimum absolute atomic E-state index is 0.107. The van der Waals surface area contributed by atoms with Gasteiger partial charge in [-0.25, -0.2) is 0 Å². The lowest BCUT2D eigenvalue weighted by atomic mass is 10.1. The molecule has 1 amide bonds. The Morgan fingerprint density at radius 2 is 1.92 bits per heavy atom. The molecule has 2 aromatic carbocycles. The summed E-state index contributed by atoms with van der Waals surface area (Å²) in [5.74, 6) is -0.195. The number of aliphatic hydroxyl groups excluding tert-OH is 1. The summed E-state index contributed by atoms with van der Waals surface area (Å²) in [5.41, 5.74) is 2.06. The zero-order valence-corrected chi connectivity index (χ0v) is 13.8. The standard InChI is InChI=1S/C19H17ClN2O2/c20-16-11-15-7-4-8-21-18(15)17(12-16)19(24)22(9-10-23)13-14-5-2-1-3-6-14/h1-8,11-12,23H,9-10,13H2. The van der Waals surface area contributed by atoms with Crippen LogP contribution in [0.3, 0.4) is 0 Å². The number of halogens is 1. The highest BCUT2D eigenvalue weighted by Crippen LogP contribution is 2.24. The Morgan fingerprint density at radius 3 is 2.67 bits per heavy atom. The lowest BCUT2D eigenvalue weighted by molar-refractivity contribution is 0.0709. The third-order valence-electron chi connectivity index (χ3n) is 3.77. The van der Waals surface area contributed by atoms with Crippen molar-refractivity contribution in [2.75, 3.05) is 13.2 Å². The van der Waals surface area contributed by atoms with Gasteiger partial charge in [-0.3, -0.25) is 9.78 Å². The zero-order valence-electron chi connectivity index (χ0n) is 13.0. The van der Waals surface area contributed by atoms with E-state index < -0.39 is 0 Å². The van der Waals surface area contributed by atoms with Gasteiger partial charge in [0.1, 0.15) is 0 Å². The van der Waals surface area contributed by atoms with Crippen LogP contribution in [-0.4, -0.2) is 34.0 Å². The first-order valence-corrected chi connectivity index (χ1v) is 8.05. The van der Waals surface area contributed by atoms with Gasteiger partial charge in [-0.05, 0) is 23.8 Å². The largest absolute Gasteiger partial charge is 0.395 e. The molecule has 1 N–H and O–H groups in total. The van der Waals surface area contributed by atoms with Gasteiger partial charge in [0.2, 0.25) is 0 Å². The fourth-order valence-corrected chi connectivity index (χ4v) is 2.89. The van der Waals surface area contributed by atoms with Crippen molar-refractivity contribution in [3.05, 3.63) is 76.9 Å². The Kier molecular flexibility index (Phi) is 5.08. The summed E-state index contributed by atoms with van der Waals surface area (Å²) in [6.07, 6.45) is 1.65. The third kappa shape index (κ3) is 3.55. The number of hydrogen-bond donors (Lipinski definition) is 1. The molecule has 3 aromatic rings. The highest BCUT2D eigenvalue weighted by molar-refractivity contribution is 6.32. The summed E-state index contributed by atoms with van der Waals surface area (Å²) >= 11 is 6.16. The third-order valence-corrected chi connectivity index (χ3v) is 3.99. The molecule has 4 nitrogen and oxygen atoms in total. The molecule has 122 valence electrons. The lowest BCUT2D eigenvalue weighted by Gasteiger charge is -2.22. The number of nitrogens with zero attached hydrogens (tertiary/aromatic N) is 2. The molecule has 0 saturated carbocycles. The Balaban J connectivity index is 1.98. The Labute approximate surface area is 145 Å². The van der Waals surface area contributed by atoms with Crippen molar-refractivity contribution in [3.8, 4) is 0 Å². The summed E-state index contributed by atoms with van der Waals surface area (Å²) in [6, 6.07) is 16.8. The molecule has 0 aliphatic rings. The average Bonchev–Trinajstić information content (AvgIpc) is 2.61. The van der Waals surface area contributed by atoms with Gasteiger partial charge >= 0.3 is 0 Å². The molecule has 0 saturated heterocycles. The van der Waals surface area contributed by atoms with E-state index in [0.717, 1.165) is 10.9 Å². The van der Waals surface area contributed by atoms with Crippen molar-refractivity contribution >= 4 is 28.4 Å². The minimum atomic E-state index is -0.195. The maximum absolute atomic E-state index is 13.0. The van der Waals surface area contributed by atoms with E-state index in [4.69, 9.17) is 11.6 Å². The molecule has 5 heteroatoms. The molecule has 3 rings (SSSR count). The molecule has 0 atom stereocenters. The first-order chi connectivity index (χ1) is 11.7. The van der Waals surface area contributed by atoms with Gasteiger partial charge in [0, 0.05) is 29.7 Å². The van der Waals surface area contributed by atoms with Crippen LogP contribution in [-0.2, 0) is 6.54 Å². The second-order valence-corrected chi connectivity index (χ2v) is 5.90. The second-order valence-electron chi connectivity index (χ2n) is 5.46. The molecule has 0 spiro atoms. The fourth-order valence-electron chi connectivity index (χ4n) is 2.67. The number of aliphatic hydroxyl groups is 1. The molecule has 0 aliphatic heterocycles. The van der Waals surface area contributed by atoms with E-state index in [9.17, 15) is 9.90 Å². The monoisotopic (exact) mass is 340 g/mol. The van der Waals surface area contributed by atoms with Gasteiger partial charge in [0.25, 0.3) is 5.91 Å². The molecule has 24 heavy (non-hydrogen) atoms. The van der Waals surface area contributed by atoms with Gasteiger partial charge < -0.3 is 10.0 Å². The number of amides is 1. The fraction of sp³-hybridized carbons (Fsp3) is 0.158. The van der Waals surface area contributed by atoms with Crippen LogP contribution in [0.15, 0.2) is 60.8 Å². The van der Waals surface area contributed by atoms with Gasteiger partial charge in [-0.15, -0.1) is 0 Å². The maximum Gasteiger partial charge on any atom is 0.256 e. The molecule has 0 radical (unpaired) electrons. The summed E-state index contributed by atoms with van der Waals surface area (Å²) in [4.78, 5) is 19.0. The number of carbonyl (C=O) groups excluding carboxylic acids is 1. The van der Waals surface area contributed by atoms with Crippen molar-refractivity contribution in [3.63, 3.8) is 0 Å². The average molecular weight is 341 g/mol. The van der Waals surface area contributed by atoms with Crippen molar-refractivity contribution in [2.45, 2.75) is 6.54 Å². The van der Waals surface area contributed by atoms with E-state index in [1.54, 1.807) is 23.2 Å². The molecule has 0 unspecified atom stereocenters. The highest BCUT2D eigenvalue weighted by atomic mass is 35.5. The highest BCUT2D eigenvalue weighted by Gasteiger charge is 2.19. The van der Waals surface area contributed by atoms with E-state index in [1.165, 1.54) is 0 Å². The van der Waals surface area contributed by atoms with Crippen LogP contribution >= 0.6 is 11.6 Å². The van der Waals surface area contributed by atoms with Crippen molar-refractivity contribution in [1.82, 2.24) is 9.88 Å². The zero-order chi connectivity index (χ0) is 16.9. The molecule has 1 aromatic heterocycles. The Morgan fingerprint density at radius 1 is 1.12 bits per heavy atom. The van der Waals surface area contributed by atoms with Crippen LogP contribution in [0, 0.1) is 0 Å². The van der Waals surface area contributed by atoms with Gasteiger partial charge in [-0.1, -0.05) is 48.0 Å². The van der Waals surface area contributed by atoms with Gasteiger partial charge in [0.15, 0.2) is 0 Å². The number of carbonyl (C=O) groups is 1. The Hall–Kier alpha value is -2.43. The van der Waals surface area contributed by atoms with Crippen LogP contribution in [0.4, 0.5) is 0 Å². The molecule has 1 heterocycles. The van der Waals surface area contributed by atoms with Crippen LogP contribution < -0.4 is 0 Å². The van der Waals surface area contributed by atoms with Crippen LogP contribution in [0.5, 0.6) is 0 Å². The summed E-state index contributed by atoms with van der Waals surface area (Å²) in [6.45, 7) is 0.556. The minimum Gasteiger partial charge on any atom is -0.395 e. The summed E-state index contributed by atoms with van der Waals surface area (Å²) < 4.78 is 0. The number of benzene rings is 2. The molecular formula is C19H17ClN2O2. The van der Waals surface area contributed by atoms with Crippen molar-refractivity contribution in [1.29, 1.82) is 0 Å². The van der Waals surface area contributed by atoms with E-state index in [-0.39, 0.29) is 19.1 Å². The topological polar surface area (TPSA) is 53.4 Å². The van der Waals surface area contributed by atoms with Crippen LogP contribution in [0.2, 0.25) is 5.02 Å². The van der Waals surface area contributed by atoms with Crippen LogP contribution in [0.25, 0.3) is 10.9 Å². The van der Waals surface area contributed by atoms with E-state index >= 15 is 0 Å². The number of fused-ring (bicyclic) bond motifs is 1. The lowest BCUT2D eigenvalue weighted by Crippen LogP contribution is -2.33. The van der Waals surface area contributed by atoms with E-state index in [2.05, 4.69) is 4.98 Å². The maximum atomic E-state index is 13.0. The Bertz CT molecular complexity index is 852. The smallest absolute Gasteiger partial charge is 0.256 e. The van der Waals surface area contributed by atoms with Gasteiger partial charge in [0.05, 0.1) is 17.7 Å². The first kappa shape index (κ1) is 16.4. The predicted molar refractivity (Wildman–Crippen MR) is 95.0 cm³/mol. The predicted octanol–water partition coefficient (Wildman–Crippen LogP) is 3.52. The first-order valence-electron chi connectivity index (χ1n) is 7.67. The van der Waals surface area contributed by atoms with E-state index in [0.29, 0.717) is 22.6 Å². The molecular weight excluding hydrogens is 324 g/mol. The molecule has 0 bridgehead atoms. The van der Waals surface area contributed by atoms with Crippen molar-refractivity contribution in [2.24, 2.45) is 0 Å². The van der Waals surface area contributed by atoms with Gasteiger partial charge in [-0.2, -0.15) is 0 Å². The SMILES string of the molecule is O=C(c1cc(Cl)cc2cccnc12)N(CCO)Cc1ccccc1. The number of hydrogen-bond acceptors (Lipinski definition) is 3. The van der Waals surface area contributed by atoms with E-state index in [1.807, 2.05) is 42.5 Å². The summed E-state index contributed by atoms with van der Waals surface area (Å²) in [7, 11) is 0. The summed E-state index contributed by atoms with van der Waals surface area (Å²) in [5, 5.41) is 10.6. The number of rotatable bonds is 5. The number of pyridine rings is 1. The normalized spacial score (nSPS) is 10.8. The van der Waals surface area contributed by atoms with Crippen molar-refractivity contribution < 1.29 is 9.90 Å². The second kappa shape index (κ2) is 7.43. The molecule has 0 aliphatic carbocycles.